The van der Waals surface area contributed by atoms with Gasteiger partial charge >= 0.3 is 0 Å². The zero-order valence-electron chi connectivity index (χ0n) is 17.9. The third-order valence-corrected chi connectivity index (χ3v) is 5.45. The first-order chi connectivity index (χ1) is 15.2. The molecule has 3 aromatic carbocycles. The Kier molecular flexibility index (Phi) is 6.55. The van der Waals surface area contributed by atoms with Crippen LogP contribution in [0.15, 0.2) is 85.1 Å². The molecule has 0 radical (unpaired) electrons. The van der Waals surface area contributed by atoms with Crippen molar-refractivity contribution in [2.75, 3.05) is 20.7 Å². The summed E-state index contributed by atoms with van der Waals surface area (Å²) >= 11 is 0. The van der Waals surface area contributed by atoms with Crippen molar-refractivity contribution in [2.45, 2.75) is 18.8 Å². The predicted octanol–water partition coefficient (Wildman–Crippen LogP) is 4.40. The van der Waals surface area contributed by atoms with E-state index in [-0.39, 0.29) is 6.04 Å². The Bertz CT molecular complexity index is 1120. The van der Waals surface area contributed by atoms with Crippen LogP contribution < -0.4 is 14.8 Å². The Labute approximate surface area is 182 Å². The van der Waals surface area contributed by atoms with Crippen molar-refractivity contribution < 1.29 is 14.6 Å². The summed E-state index contributed by atoms with van der Waals surface area (Å²) in [6.07, 6.45) is 1.47. The number of hydrogen-bond acceptors (Lipinski definition) is 4. The van der Waals surface area contributed by atoms with Gasteiger partial charge in [-0.2, -0.15) is 0 Å². The number of fused-ring (bicyclic) bond motifs is 1. The molecule has 5 nitrogen and oxygen atoms in total. The first-order valence-electron chi connectivity index (χ1n) is 10.4. The van der Waals surface area contributed by atoms with Crippen molar-refractivity contribution in [3.8, 4) is 11.5 Å². The van der Waals surface area contributed by atoms with Gasteiger partial charge in [0.05, 0.1) is 19.3 Å². The van der Waals surface area contributed by atoms with Crippen LogP contribution in [0.25, 0.3) is 10.9 Å². The van der Waals surface area contributed by atoms with Crippen LogP contribution in [-0.4, -0.2) is 36.5 Å². The van der Waals surface area contributed by atoms with Crippen molar-refractivity contribution in [1.82, 2.24) is 9.88 Å². The number of aliphatic hydroxyl groups is 1. The molecule has 0 fully saturated rings. The minimum atomic E-state index is -0.563. The zero-order valence-corrected chi connectivity index (χ0v) is 17.9. The van der Waals surface area contributed by atoms with Crippen LogP contribution >= 0.6 is 0 Å². The van der Waals surface area contributed by atoms with Gasteiger partial charge in [0, 0.05) is 23.6 Å². The number of aromatic nitrogens is 1. The van der Waals surface area contributed by atoms with Crippen LogP contribution in [0.3, 0.4) is 0 Å². The van der Waals surface area contributed by atoms with Crippen molar-refractivity contribution in [2.24, 2.45) is 0 Å². The molecule has 0 bridgehead atoms. The minimum absolute atomic E-state index is 0.185. The maximum absolute atomic E-state index is 10.9. The largest absolute Gasteiger partial charge is 0.497 e. The first kappa shape index (κ1) is 21.0. The lowest BCUT2D eigenvalue weighted by molar-refractivity contribution is 0.132. The van der Waals surface area contributed by atoms with Crippen molar-refractivity contribution in [1.29, 1.82) is 0 Å². The van der Waals surface area contributed by atoms with E-state index in [1.165, 1.54) is 0 Å². The molecule has 0 saturated heterocycles. The van der Waals surface area contributed by atoms with E-state index in [2.05, 4.69) is 34.1 Å². The minimum Gasteiger partial charge on any atom is -0.497 e. The van der Waals surface area contributed by atoms with Crippen molar-refractivity contribution >= 4 is 10.9 Å². The molecule has 0 amide bonds. The highest BCUT2D eigenvalue weighted by Gasteiger charge is 2.23. The van der Waals surface area contributed by atoms with E-state index < -0.39 is 6.10 Å². The van der Waals surface area contributed by atoms with Crippen LogP contribution in [-0.2, 0) is 6.61 Å². The Balaban J connectivity index is 1.59. The Hall–Kier alpha value is -3.28. The summed E-state index contributed by atoms with van der Waals surface area (Å²) in [6, 6.07) is 25.9. The summed E-state index contributed by atoms with van der Waals surface area (Å²) in [5, 5.41) is 15.0. The zero-order chi connectivity index (χ0) is 21.6. The quantitative estimate of drug-likeness (QED) is 0.425. The lowest BCUT2D eigenvalue weighted by atomic mass is 10.0. The number of methoxy groups -OCH3 is 1. The number of benzene rings is 3. The summed E-state index contributed by atoms with van der Waals surface area (Å²) in [7, 11) is 3.51. The number of ether oxygens (including phenoxy) is 2. The van der Waals surface area contributed by atoms with Gasteiger partial charge in [-0.15, -0.1) is 0 Å². The van der Waals surface area contributed by atoms with Crippen LogP contribution in [0.5, 0.6) is 11.5 Å². The fourth-order valence-electron chi connectivity index (χ4n) is 3.94. The molecule has 0 spiro atoms. The normalized spacial score (nSPS) is 13.1. The number of aliphatic hydroxyl groups excluding tert-OH is 1. The number of rotatable bonds is 9. The van der Waals surface area contributed by atoms with E-state index in [1.54, 1.807) is 7.11 Å². The average Bonchev–Trinajstić information content (AvgIpc) is 3.22. The Morgan fingerprint density at radius 3 is 2.55 bits per heavy atom. The highest BCUT2D eigenvalue weighted by atomic mass is 16.5. The van der Waals surface area contributed by atoms with Crippen molar-refractivity contribution in [3.05, 3.63) is 96.2 Å². The van der Waals surface area contributed by atoms with E-state index in [9.17, 15) is 5.11 Å². The van der Waals surface area contributed by atoms with Crippen LogP contribution in [0, 0.1) is 0 Å². The number of nitrogens with zero attached hydrogens (tertiary/aromatic N) is 1. The molecule has 160 valence electrons. The van der Waals surface area contributed by atoms with Crippen LogP contribution in [0.2, 0.25) is 0 Å². The maximum Gasteiger partial charge on any atom is 0.120 e. The van der Waals surface area contributed by atoms with Crippen molar-refractivity contribution in [3.63, 3.8) is 0 Å². The van der Waals surface area contributed by atoms with Gasteiger partial charge in [-0.3, -0.25) is 0 Å². The number of hydrogen-bond donors (Lipinski definition) is 2. The molecule has 0 aliphatic heterocycles. The highest BCUT2D eigenvalue weighted by Crippen LogP contribution is 2.30. The smallest absolute Gasteiger partial charge is 0.120 e. The third kappa shape index (κ3) is 4.74. The molecule has 31 heavy (non-hydrogen) atoms. The molecule has 1 heterocycles. The second-order valence-corrected chi connectivity index (χ2v) is 7.56. The lowest BCUT2D eigenvalue weighted by Gasteiger charge is -2.26. The van der Waals surface area contributed by atoms with E-state index in [0.717, 1.165) is 33.5 Å². The molecule has 0 saturated carbocycles. The summed E-state index contributed by atoms with van der Waals surface area (Å²) in [6.45, 7) is 0.970. The van der Waals surface area contributed by atoms with E-state index in [0.29, 0.717) is 13.2 Å². The predicted molar refractivity (Wildman–Crippen MR) is 124 cm³/mol. The molecule has 1 aromatic heterocycles. The topological polar surface area (TPSA) is 55.7 Å². The van der Waals surface area contributed by atoms with Crippen LogP contribution in [0.4, 0.5) is 0 Å². The molecule has 2 atom stereocenters. The molecule has 2 unspecified atom stereocenters. The summed E-state index contributed by atoms with van der Waals surface area (Å²) < 4.78 is 13.4. The number of nitrogens with one attached hydrogen (secondary N) is 1. The molecular formula is C26H28N2O3. The summed E-state index contributed by atoms with van der Waals surface area (Å²) in [5.41, 5.74) is 3.18. The first-order valence-corrected chi connectivity index (χ1v) is 10.4. The molecule has 2 N–H and O–H groups in total. The monoisotopic (exact) mass is 416 g/mol. The van der Waals surface area contributed by atoms with E-state index in [4.69, 9.17) is 9.47 Å². The highest BCUT2D eigenvalue weighted by molar-refractivity contribution is 5.82. The number of likely N-dealkylation sites (N-methyl/N-ethyl adjacent to an activating group) is 1. The van der Waals surface area contributed by atoms with Gasteiger partial charge in [-0.25, -0.2) is 0 Å². The van der Waals surface area contributed by atoms with Gasteiger partial charge in [-0.1, -0.05) is 42.5 Å². The average molecular weight is 417 g/mol. The molecular weight excluding hydrogens is 388 g/mol. The van der Waals surface area contributed by atoms with Gasteiger partial charge < -0.3 is 24.5 Å². The van der Waals surface area contributed by atoms with Gasteiger partial charge in [0.25, 0.3) is 0 Å². The second kappa shape index (κ2) is 9.69. The van der Waals surface area contributed by atoms with E-state index in [1.807, 2.05) is 67.8 Å². The molecule has 0 aliphatic rings. The molecule has 0 aliphatic carbocycles. The Morgan fingerprint density at radius 1 is 0.935 bits per heavy atom. The van der Waals surface area contributed by atoms with Gasteiger partial charge in [0.15, 0.2) is 0 Å². The Morgan fingerprint density at radius 2 is 1.77 bits per heavy atom. The SMILES string of the molecule is CNCC(O)C(c1ccccc1)n1ccc2cc(OCc3cccc(OC)c3)ccc21. The standard InChI is InChI=1S/C26H28N2O3/c1-27-17-25(29)26(20-8-4-3-5-9-20)28-14-13-21-16-23(11-12-24(21)28)31-18-19-7-6-10-22(15-19)30-2/h3-16,25-27,29H,17-18H2,1-2H3. The second-order valence-electron chi connectivity index (χ2n) is 7.56. The summed E-state index contributed by atoms with van der Waals surface area (Å²) in [4.78, 5) is 0. The van der Waals surface area contributed by atoms with E-state index >= 15 is 0 Å². The fraction of sp³-hybridized carbons (Fsp3) is 0.231. The lowest BCUT2D eigenvalue weighted by Crippen LogP contribution is -2.33. The van der Waals surface area contributed by atoms with Gasteiger partial charge in [0.1, 0.15) is 18.1 Å². The third-order valence-electron chi connectivity index (χ3n) is 5.45. The van der Waals surface area contributed by atoms with Crippen LogP contribution in [0.1, 0.15) is 17.2 Å². The van der Waals surface area contributed by atoms with Gasteiger partial charge in [-0.05, 0) is 54.6 Å². The molecule has 5 heteroatoms. The van der Waals surface area contributed by atoms with Gasteiger partial charge in [0.2, 0.25) is 0 Å². The summed E-state index contributed by atoms with van der Waals surface area (Å²) in [5.74, 6) is 1.63. The molecule has 4 aromatic rings. The fourth-order valence-corrected chi connectivity index (χ4v) is 3.94. The maximum atomic E-state index is 10.9. The molecule has 4 rings (SSSR count).